The molecule has 0 atom stereocenters. The Kier molecular flexibility index (Phi) is 8.06. The molecule has 5 nitrogen and oxygen atoms in total. The van der Waals surface area contributed by atoms with Gasteiger partial charge in [-0.1, -0.05) is 109 Å². The van der Waals surface area contributed by atoms with Gasteiger partial charge in [0.05, 0.1) is 17.1 Å². The maximum Gasteiger partial charge on any atom is 0.160 e. The zero-order valence-corrected chi connectivity index (χ0v) is 26.9. The van der Waals surface area contributed by atoms with Crippen molar-refractivity contribution in [3.63, 3.8) is 0 Å². The van der Waals surface area contributed by atoms with Crippen LogP contribution in [0.4, 0.5) is 0 Å². The summed E-state index contributed by atoms with van der Waals surface area (Å²) in [5, 5.41) is 0. The zero-order chi connectivity index (χ0) is 33.0. The van der Waals surface area contributed by atoms with Crippen LogP contribution in [0, 0.1) is 6.92 Å². The van der Waals surface area contributed by atoms with Crippen LogP contribution in [0.5, 0.6) is 0 Å². The first-order chi connectivity index (χ1) is 24.2. The molecule has 3 heterocycles. The van der Waals surface area contributed by atoms with E-state index in [0.717, 1.165) is 78.4 Å². The second-order valence-corrected chi connectivity index (χ2v) is 11.9. The second kappa shape index (κ2) is 13.3. The molecule has 49 heavy (non-hydrogen) atoms. The minimum absolute atomic E-state index is 0.671. The minimum Gasteiger partial charge on any atom is -0.262 e. The van der Waals surface area contributed by atoms with Gasteiger partial charge in [-0.2, -0.15) is 0 Å². The van der Waals surface area contributed by atoms with Crippen LogP contribution in [0.1, 0.15) is 5.69 Å². The molecule has 232 valence electrons. The number of nitrogens with zero attached hydrogens (tertiary/aromatic N) is 5. The monoisotopic (exact) mass is 629 g/mol. The lowest BCUT2D eigenvalue weighted by molar-refractivity contribution is 1.17. The highest BCUT2D eigenvalue weighted by atomic mass is 14.9. The smallest absolute Gasteiger partial charge is 0.160 e. The summed E-state index contributed by atoms with van der Waals surface area (Å²) in [5.41, 5.74) is 14.4. The number of benzene rings is 5. The lowest BCUT2D eigenvalue weighted by Gasteiger charge is -2.14. The maximum absolute atomic E-state index is 5.15. The third kappa shape index (κ3) is 6.51. The van der Waals surface area contributed by atoms with Crippen molar-refractivity contribution in [3.8, 4) is 78.5 Å². The first kappa shape index (κ1) is 29.8. The first-order valence-corrected chi connectivity index (χ1v) is 16.2. The Labute approximate surface area is 285 Å². The summed E-state index contributed by atoms with van der Waals surface area (Å²) in [6.45, 7) is 2.02. The van der Waals surface area contributed by atoms with Gasteiger partial charge in [-0.15, -0.1) is 0 Å². The van der Waals surface area contributed by atoms with Gasteiger partial charge in [0.25, 0.3) is 0 Å². The minimum atomic E-state index is 0.671. The Bertz CT molecular complexity index is 2300. The van der Waals surface area contributed by atoms with Crippen LogP contribution in [-0.2, 0) is 0 Å². The fourth-order valence-corrected chi connectivity index (χ4v) is 6.06. The molecule has 0 aliphatic carbocycles. The number of aromatic nitrogens is 5. The number of aryl methyl sites for hydroxylation is 1. The van der Waals surface area contributed by atoms with Gasteiger partial charge in [-0.05, 0) is 82.8 Å². The summed E-state index contributed by atoms with van der Waals surface area (Å²) in [5.74, 6) is 0.671. The van der Waals surface area contributed by atoms with Crippen LogP contribution >= 0.6 is 0 Å². The van der Waals surface area contributed by atoms with Gasteiger partial charge >= 0.3 is 0 Å². The number of rotatable bonds is 7. The molecule has 0 radical (unpaired) electrons. The van der Waals surface area contributed by atoms with Crippen LogP contribution in [-0.4, -0.2) is 24.9 Å². The zero-order valence-electron chi connectivity index (χ0n) is 26.9. The van der Waals surface area contributed by atoms with Gasteiger partial charge in [0, 0.05) is 40.3 Å². The highest BCUT2D eigenvalue weighted by Gasteiger charge is 2.14. The van der Waals surface area contributed by atoms with Crippen LogP contribution < -0.4 is 0 Å². The van der Waals surface area contributed by atoms with Crippen molar-refractivity contribution in [2.45, 2.75) is 6.92 Å². The standard InChI is InChI=1S/C44H31N5/c1-30-24-37(20-23-46-30)31-12-14-32(15-13-31)38-25-39(33-16-18-36(19-17-33)41-21-22-45-29-47-41)27-40(26-38)44-48-42(34-8-4-2-5-9-34)28-43(49-44)35-10-6-3-7-11-35/h2-29H,1H3. The largest absolute Gasteiger partial charge is 0.262 e. The second-order valence-electron chi connectivity index (χ2n) is 11.9. The predicted octanol–water partition coefficient (Wildman–Crippen LogP) is 10.6. The van der Waals surface area contributed by atoms with Crippen molar-refractivity contribution in [2.75, 3.05) is 0 Å². The Morgan fingerprint density at radius 2 is 0.857 bits per heavy atom. The average molecular weight is 630 g/mol. The Hall–Kier alpha value is -6.59. The molecule has 5 heteroatoms. The van der Waals surface area contributed by atoms with Crippen LogP contribution in [0.3, 0.4) is 0 Å². The maximum atomic E-state index is 5.15. The molecule has 0 N–H and O–H groups in total. The number of hydrogen-bond donors (Lipinski definition) is 0. The molecule has 8 aromatic rings. The van der Waals surface area contributed by atoms with E-state index in [1.165, 1.54) is 0 Å². The summed E-state index contributed by atoms with van der Waals surface area (Å²) in [7, 11) is 0. The van der Waals surface area contributed by atoms with Gasteiger partial charge in [0.1, 0.15) is 6.33 Å². The molecule has 5 aromatic carbocycles. The Morgan fingerprint density at radius 3 is 1.39 bits per heavy atom. The van der Waals surface area contributed by atoms with Gasteiger partial charge in [-0.3, -0.25) is 4.98 Å². The number of hydrogen-bond acceptors (Lipinski definition) is 5. The lowest BCUT2D eigenvalue weighted by atomic mass is 9.94. The molecule has 0 spiro atoms. The number of pyridine rings is 1. The van der Waals surface area contributed by atoms with Gasteiger partial charge in [0.2, 0.25) is 0 Å². The van der Waals surface area contributed by atoms with Crippen molar-refractivity contribution in [1.82, 2.24) is 24.9 Å². The van der Waals surface area contributed by atoms with E-state index >= 15 is 0 Å². The molecule has 0 aliphatic rings. The topological polar surface area (TPSA) is 64.5 Å². The van der Waals surface area contributed by atoms with Crippen molar-refractivity contribution in [1.29, 1.82) is 0 Å². The summed E-state index contributed by atoms with van der Waals surface area (Å²) >= 11 is 0. The van der Waals surface area contributed by atoms with Gasteiger partial charge in [0.15, 0.2) is 5.82 Å². The fraction of sp³-hybridized carbons (Fsp3) is 0.0227. The summed E-state index contributed by atoms with van der Waals surface area (Å²) in [4.78, 5) is 23.2. The van der Waals surface area contributed by atoms with E-state index in [4.69, 9.17) is 9.97 Å². The highest BCUT2D eigenvalue weighted by molar-refractivity contribution is 5.82. The van der Waals surface area contributed by atoms with E-state index in [2.05, 4.69) is 118 Å². The van der Waals surface area contributed by atoms with Crippen molar-refractivity contribution < 1.29 is 0 Å². The molecule has 0 fully saturated rings. The molecule has 0 saturated carbocycles. The van der Waals surface area contributed by atoms with Crippen molar-refractivity contribution in [3.05, 3.63) is 176 Å². The molecule has 0 unspecified atom stereocenters. The molecule has 0 saturated heterocycles. The van der Waals surface area contributed by atoms with E-state index in [1.807, 2.05) is 61.7 Å². The Morgan fingerprint density at radius 1 is 0.347 bits per heavy atom. The quantitative estimate of drug-likeness (QED) is 0.175. The third-order valence-corrected chi connectivity index (χ3v) is 8.60. The normalized spacial score (nSPS) is 11.0. The summed E-state index contributed by atoms with van der Waals surface area (Å²) in [6, 6.07) is 52.6. The molecular formula is C44H31N5. The average Bonchev–Trinajstić information content (AvgIpc) is 3.19. The molecule has 0 aliphatic heterocycles. The molecular weight excluding hydrogens is 599 g/mol. The lowest BCUT2D eigenvalue weighted by Crippen LogP contribution is -1.97. The molecule has 0 bridgehead atoms. The Balaban J connectivity index is 1.27. The van der Waals surface area contributed by atoms with Crippen molar-refractivity contribution in [2.24, 2.45) is 0 Å². The van der Waals surface area contributed by atoms with Gasteiger partial charge < -0.3 is 0 Å². The van der Waals surface area contributed by atoms with E-state index in [-0.39, 0.29) is 0 Å². The van der Waals surface area contributed by atoms with Crippen LogP contribution in [0.2, 0.25) is 0 Å². The highest BCUT2D eigenvalue weighted by Crippen LogP contribution is 2.35. The fourth-order valence-electron chi connectivity index (χ4n) is 6.06. The summed E-state index contributed by atoms with van der Waals surface area (Å²) in [6.07, 6.45) is 5.20. The molecule has 0 amide bonds. The SMILES string of the molecule is Cc1cc(-c2ccc(-c3cc(-c4ccc(-c5ccncn5)cc4)cc(-c4nc(-c5ccccc5)cc(-c5ccccc5)n4)c3)cc2)ccn1. The van der Waals surface area contributed by atoms with E-state index in [0.29, 0.717) is 5.82 Å². The van der Waals surface area contributed by atoms with E-state index < -0.39 is 0 Å². The molecule has 3 aromatic heterocycles. The van der Waals surface area contributed by atoms with Crippen LogP contribution in [0.25, 0.3) is 78.5 Å². The third-order valence-electron chi connectivity index (χ3n) is 8.60. The van der Waals surface area contributed by atoms with Crippen molar-refractivity contribution >= 4 is 0 Å². The van der Waals surface area contributed by atoms with E-state index in [9.17, 15) is 0 Å². The summed E-state index contributed by atoms with van der Waals surface area (Å²) < 4.78 is 0. The van der Waals surface area contributed by atoms with Gasteiger partial charge in [-0.25, -0.2) is 19.9 Å². The predicted molar refractivity (Wildman–Crippen MR) is 198 cm³/mol. The van der Waals surface area contributed by atoms with E-state index in [1.54, 1.807) is 12.5 Å². The van der Waals surface area contributed by atoms with Crippen LogP contribution in [0.15, 0.2) is 170 Å². The molecule has 8 rings (SSSR count). The first-order valence-electron chi connectivity index (χ1n) is 16.2.